The van der Waals surface area contributed by atoms with Crippen LogP contribution in [-0.2, 0) is 0 Å². The third-order valence-corrected chi connectivity index (χ3v) is 4.32. The van der Waals surface area contributed by atoms with Crippen molar-refractivity contribution in [2.24, 2.45) is 0 Å². The molecule has 1 fully saturated rings. The molecule has 132 valence electrons. The van der Waals surface area contributed by atoms with E-state index in [1.807, 2.05) is 30.3 Å². The van der Waals surface area contributed by atoms with Crippen molar-refractivity contribution < 1.29 is 19.6 Å². The molecule has 6 nitrogen and oxygen atoms in total. The fourth-order valence-electron chi connectivity index (χ4n) is 2.99. The third-order valence-electron chi connectivity index (χ3n) is 4.32. The Hall–Kier alpha value is -3.33. The highest BCUT2D eigenvalue weighted by Crippen LogP contribution is 2.38. The highest BCUT2D eigenvalue weighted by atomic mass is 16.6. The van der Waals surface area contributed by atoms with E-state index in [0.29, 0.717) is 12.8 Å². The van der Waals surface area contributed by atoms with Gasteiger partial charge >= 0.3 is 5.69 Å². The number of benzene rings is 2. The maximum Gasteiger partial charge on any atom is 0.311 e. The second-order valence-electron chi connectivity index (χ2n) is 6.15. The molecule has 0 N–H and O–H groups in total. The maximum absolute atomic E-state index is 11.3. The van der Waals surface area contributed by atoms with Gasteiger partial charge in [0.05, 0.1) is 10.9 Å². The first kappa shape index (κ1) is 17.5. The summed E-state index contributed by atoms with van der Waals surface area (Å²) in [7, 11) is 0. The van der Waals surface area contributed by atoms with Crippen LogP contribution in [0.15, 0.2) is 48.5 Å². The molecule has 2 aromatic rings. The minimum Gasteiger partial charge on any atom is -0.545 e. The zero-order valence-corrected chi connectivity index (χ0v) is 13.9. The lowest BCUT2D eigenvalue weighted by atomic mass is 10.0. The maximum atomic E-state index is 11.3. The van der Waals surface area contributed by atoms with Crippen LogP contribution in [0.3, 0.4) is 0 Å². The van der Waals surface area contributed by atoms with Gasteiger partial charge in [-0.05, 0) is 49.9 Å². The molecule has 6 heteroatoms. The lowest BCUT2D eigenvalue weighted by Gasteiger charge is -2.24. The summed E-state index contributed by atoms with van der Waals surface area (Å²) in [5, 5.41) is 22.4. The standard InChI is InChI=1S/C20H17NO5/c22-19(23)16-8-9-17(21(24)25)18(14-16)26-20(11-4-5-12-20)13-10-15-6-2-1-3-7-15/h1-3,6-9,14H,4-5,11-12H2,(H,22,23)/p-1. The molecule has 0 bridgehead atoms. The summed E-state index contributed by atoms with van der Waals surface area (Å²) in [6, 6.07) is 12.8. The Labute approximate surface area is 150 Å². The van der Waals surface area contributed by atoms with E-state index < -0.39 is 16.5 Å². The first-order valence-electron chi connectivity index (χ1n) is 8.26. The van der Waals surface area contributed by atoms with Crippen LogP contribution in [0.1, 0.15) is 41.6 Å². The van der Waals surface area contributed by atoms with Gasteiger partial charge in [-0.15, -0.1) is 0 Å². The molecule has 0 radical (unpaired) electrons. The van der Waals surface area contributed by atoms with E-state index in [9.17, 15) is 20.0 Å². The monoisotopic (exact) mass is 350 g/mol. The highest BCUT2D eigenvalue weighted by Gasteiger charge is 2.36. The number of carboxylic acid groups (broad SMARTS) is 1. The van der Waals surface area contributed by atoms with Crippen LogP contribution in [0.25, 0.3) is 0 Å². The lowest BCUT2D eigenvalue weighted by molar-refractivity contribution is -0.386. The topological polar surface area (TPSA) is 92.5 Å². The van der Waals surface area contributed by atoms with Crippen LogP contribution in [0, 0.1) is 22.0 Å². The number of carbonyl (C=O) groups is 1. The molecule has 0 unspecified atom stereocenters. The normalized spacial score (nSPS) is 14.9. The summed E-state index contributed by atoms with van der Waals surface area (Å²) in [6.07, 6.45) is 3.02. The van der Waals surface area contributed by atoms with Gasteiger partial charge in [-0.2, -0.15) is 0 Å². The Kier molecular flexibility index (Phi) is 4.90. The van der Waals surface area contributed by atoms with Gasteiger partial charge in [0, 0.05) is 17.2 Å². The lowest BCUT2D eigenvalue weighted by Crippen LogP contribution is -2.31. The van der Waals surface area contributed by atoms with Gasteiger partial charge in [-0.1, -0.05) is 30.0 Å². The number of ether oxygens (including phenoxy) is 1. The van der Waals surface area contributed by atoms with E-state index in [0.717, 1.165) is 36.6 Å². The highest BCUT2D eigenvalue weighted by molar-refractivity contribution is 5.87. The Morgan fingerprint density at radius 2 is 1.81 bits per heavy atom. The van der Waals surface area contributed by atoms with E-state index in [4.69, 9.17) is 4.74 Å². The van der Waals surface area contributed by atoms with E-state index in [1.165, 1.54) is 0 Å². The first-order valence-corrected chi connectivity index (χ1v) is 8.26. The van der Waals surface area contributed by atoms with Crippen molar-refractivity contribution >= 4 is 11.7 Å². The molecule has 0 aromatic heterocycles. The zero-order valence-electron chi connectivity index (χ0n) is 13.9. The minimum atomic E-state index is -1.42. The molecule has 26 heavy (non-hydrogen) atoms. The first-order chi connectivity index (χ1) is 12.5. The van der Waals surface area contributed by atoms with Crippen LogP contribution in [0.2, 0.25) is 0 Å². The fourth-order valence-corrected chi connectivity index (χ4v) is 2.99. The molecule has 1 saturated carbocycles. The Balaban J connectivity index is 1.98. The molecular weight excluding hydrogens is 334 g/mol. The van der Waals surface area contributed by atoms with Crippen LogP contribution < -0.4 is 9.84 Å². The van der Waals surface area contributed by atoms with Gasteiger partial charge in [0.15, 0.2) is 11.4 Å². The van der Waals surface area contributed by atoms with Crippen molar-refractivity contribution in [3.63, 3.8) is 0 Å². The predicted octanol–water partition coefficient (Wildman–Crippen LogP) is 2.70. The van der Waals surface area contributed by atoms with Gasteiger partial charge in [-0.25, -0.2) is 0 Å². The summed E-state index contributed by atoms with van der Waals surface area (Å²) in [5.41, 5.74) is -0.511. The number of carboxylic acids is 1. The molecule has 1 aliphatic carbocycles. The van der Waals surface area contributed by atoms with Crippen molar-refractivity contribution in [2.45, 2.75) is 31.3 Å². The smallest absolute Gasteiger partial charge is 0.311 e. The van der Waals surface area contributed by atoms with E-state index in [-0.39, 0.29) is 17.0 Å². The van der Waals surface area contributed by atoms with Crippen molar-refractivity contribution in [3.8, 4) is 17.6 Å². The number of aromatic carboxylic acids is 1. The third kappa shape index (κ3) is 3.83. The second kappa shape index (κ2) is 7.28. The fraction of sp³-hybridized carbons (Fsp3) is 0.250. The van der Waals surface area contributed by atoms with Crippen molar-refractivity contribution in [1.29, 1.82) is 0 Å². The van der Waals surface area contributed by atoms with E-state index in [1.54, 1.807) is 0 Å². The number of hydrogen-bond acceptors (Lipinski definition) is 5. The molecule has 1 aliphatic rings. The number of nitrogens with zero attached hydrogens (tertiary/aromatic N) is 1. The van der Waals surface area contributed by atoms with E-state index in [2.05, 4.69) is 11.8 Å². The van der Waals surface area contributed by atoms with E-state index >= 15 is 0 Å². The number of hydrogen-bond donors (Lipinski definition) is 0. The Morgan fingerprint density at radius 3 is 2.42 bits per heavy atom. The Morgan fingerprint density at radius 1 is 1.12 bits per heavy atom. The van der Waals surface area contributed by atoms with Crippen molar-refractivity contribution in [1.82, 2.24) is 0 Å². The molecule has 0 spiro atoms. The molecule has 3 rings (SSSR count). The van der Waals surface area contributed by atoms with Gasteiger partial charge in [-0.3, -0.25) is 10.1 Å². The van der Waals surface area contributed by atoms with Crippen molar-refractivity contribution in [2.75, 3.05) is 0 Å². The number of rotatable bonds is 4. The summed E-state index contributed by atoms with van der Waals surface area (Å²) in [6.45, 7) is 0. The average Bonchev–Trinajstić information content (AvgIpc) is 3.09. The molecule has 0 amide bonds. The molecule has 0 heterocycles. The number of nitro benzene ring substituents is 1. The SMILES string of the molecule is O=C([O-])c1ccc([N+](=O)[O-])c(OC2(C#Cc3ccccc3)CCCC2)c1. The van der Waals surface area contributed by atoms with Gasteiger partial charge < -0.3 is 14.6 Å². The summed E-state index contributed by atoms with van der Waals surface area (Å²) in [5.74, 6) is 4.66. The molecule has 0 saturated heterocycles. The van der Waals surface area contributed by atoms with Crippen LogP contribution in [0.4, 0.5) is 5.69 Å². The van der Waals surface area contributed by atoms with Gasteiger partial charge in [0.2, 0.25) is 0 Å². The van der Waals surface area contributed by atoms with Crippen molar-refractivity contribution in [3.05, 3.63) is 69.8 Å². The van der Waals surface area contributed by atoms with Crippen LogP contribution in [0.5, 0.6) is 5.75 Å². The number of nitro groups is 1. The summed E-state index contributed by atoms with van der Waals surface area (Å²) < 4.78 is 5.96. The largest absolute Gasteiger partial charge is 0.545 e. The molecular formula is C20H16NO5-. The summed E-state index contributed by atoms with van der Waals surface area (Å²) in [4.78, 5) is 21.8. The van der Waals surface area contributed by atoms with Crippen LogP contribution in [-0.4, -0.2) is 16.5 Å². The van der Waals surface area contributed by atoms with Crippen LogP contribution >= 0.6 is 0 Å². The number of carbonyl (C=O) groups excluding carboxylic acids is 1. The second-order valence-corrected chi connectivity index (χ2v) is 6.15. The molecule has 0 aliphatic heterocycles. The average molecular weight is 350 g/mol. The van der Waals surface area contributed by atoms with Gasteiger partial charge in [0.25, 0.3) is 0 Å². The predicted molar refractivity (Wildman–Crippen MR) is 92.6 cm³/mol. The zero-order chi connectivity index (χ0) is 18.6. The Bertz CT molecular complexity index is 889. The molecule has 2 aromatic carbocycles. The summed E-state index contributed by atoms with van der Waals surface area (Å²) >= 11 is 0. The minimum absolute atomic E-state index is 0.0963. The van der Waals surface area contributed by atoms with Gasteiger partial charge in [0.1, 0.15) is 0 Å². The molecule has 0 atom stereocenters. The quantitative estimate of drug-likeness (QED) is 0.480.